The SMILES string of the molecule is CCC(=CC1=C(OC)CC=CC(N2CCCN(c3ccncc3)CC2)=N1)C1NC(=O)NC1=O. The summed E-state index contributed by atoms with van der Waals surface area (Å²) in [6.07, 6.45) is 11.8. The van der Waals surface area contributed by atoms with E-state index in [1.165, 1.54) is 5.69 Å². The second kappa shape index (κ2) is 10.3. The highest BCUT2D eigenvalue weighted by molar-refractivity contribution is 6.05. The Morgan fingerprint density at radius 1 is 1.18 bits per heavy atom. The van der Waals surface area contributed by atoms with Crippen molar-refractivity contribution in [3.8, 4) is 0 Å². The molecular formula is C24H30N6O3. The standard InChI is InChI=1S/C24H30N6O3/c1-3-17(22-23(31)28-24(32)27-22)16-19-20(33-2)6-4-7-21(26-19)30-13-5-12-29(14-15-30)18-8-10-25-11-9-18/h4,7-11,16,22H,3,5-6,12-15H2,1-2H3,(H2,27,28,31,32). The van der Waals surface area contributed by atoms with Crippen molar-refractivity contribution >= 4 is 23.5 Å². The van der Waals surface area contributed by atoms with Gasteiger partial charge in [-0.05, 0) is 42.7 Å². The van der Waals surface area contributed by atoms with E-state index in [4.69, 9.17) is 9.73 Å². The molecule has 3 amide bonds. The van der Waals surface area contributed by atoms with Gasteiger partial charge in [-0.3, -0.25) is 15.1 Å². The van der Waals surface area contributed by atoms with Gasteiger partial charge >= 0.3 is 6.03 Å². The van der Waals surface area contributed by atoms with E-state index in [9.17, 15) is 9.59 Å². The molecule has 4 rings (SSSR count). The van der Waals surface area contributed by atoms with Crippen molar-refractivity contribution in [2.45, 2.75) is 32.2 Å². The summed E-state index contributed by atoms with van der Waals surface area (Å²) in [6, 6.07) is 2.93. The molecule has 1 aromatic rings. The van der Waals surface area contributed by atoms with Crippen molar-refractivity contribution in [2.24, 2.45) is 4.99 Å². The Hall–Kier alpha value is -3.62. The number of hydrogen-bond acceptors (Lipinski definition) is 7. The molecule has 3 aliphatic rings. The number of amides is 3. The summed E-state index contributed by atoms with van der Waals surface area (Å²) in [6.45, 7) is 5.55. The van der Waals surface area contributed by atoms with Crippen molar-refractivity contribution in [1.82, 2.24) is 20.5 Å². The maximum atomic E-state index is 12.2. The van der Waals surface area contributed by atoms with Crippen molar-refractivity contribution in [2.75, 3.05) is 38.2 Å². The molecule has 1 unspecified atom stereocenters. The third-order valence-electron chi connectivity index (χ3n) is 6.06. The van der Waals surface area contributed by atoms with Gasteiger partial charge in [-0.1, -0.05) is 13.0 Å². The Kier molecular flexibility index (Phi) is 7.07. The number of carbonyl (C=O) groups excluding carboxylic acids is 2. The second-order valence-electron chi connectivity index (χ2n) is 8.09. The Morgan fingerprint density at radius 3 is 2.64 bits per heavy atom. The Labute approximate surface area is 193 Å². The molecule has 0 saturated carbocycles. The van der Waals surface area contributed by atoms with Gasteiger partial charge in [-0.25, -0.2) is 9.79 Å². The van der Waals surface area contributed by atoms with E-state index in [1.54, 1.807) is 7.11 Å². The summed E-state index contributed by atoms with van der Waals surface area (Å²) in [4.78, 5) is 37.5. The Balaban J connectivity index is 1.58. The maximum absolute atomic E-state index is 12.2. The third-order valence-corrected chi connectivity index (χ3v) is 6.06. The van der Waals surface area contributed by atoms with Gasteiger partial charge in [0.2, 0.25) is 0 Å². The summed E-state index contributed by atoms with van der Waals surface area (Å²) in [7, 11) is 1.63. The number of amidine groups is 1. The third kappa shape index (κ3) is 5.24. The van der Waals surface area contributed by atoms with E-state index in [-0.39, 0.29) is 5.91 Å². The lowest BCUT2D eigenvalue weighted by atomic mass is 10.0. The molecule has 3 aliphatic heterocycles. The Morgan fingerprint density at radius 2 is 1.94 bits per heavy atom. The predicted molar refractivity (Wildman–Crippen MR) is 127 cm³/mol. The topological polar surface area (TPSA) is 99.2 Å². The lowest BCUT2D eigenvalue weighted by Crippen LogP contribution is -2.34. The fourth-order valence-electron chi connectivity index (χ4n) is 4.28. The van der Waals surface area contributed by atoms with E-state index in [0.29, 0.717) is 18.5 Å². The summed E-state index contributed by atoms with van der Waals surface area (Å²) in [5.41, 5.74) is 2.64. The number of aliphatic imine (C=N–C) groups is 1. The number of hydrogen-bond donors (Lipinski definition) is 2. The van der Waals surface area contributed by atoms with Crippen molar-refractivity contribution in [1.29, 1.82) is 0 Å². The lowest BCUT2D eigenvalue weighted by molar-refractivity contribution is -0.119. The number of nitrogens with zero attached hydrogens (tertiary/aromatic N) is 4. The molecule has 1 atom stereocenters. The predicted octanol–water partition coefficient (Wildman–Crippen LogP) is 2.35. The van der Waals surface area contributed by atoms with Gasteiger partial charge in [0.1, 0.15) is 23.3 Å². The second-order valence-corrected chi connectivity index (χ2v) is 8.09. The molecule has 0 bridgehead atoms. The smallest absolute Gasteiger partial charge is 0.322 e. The molecule has 1 aromatic heterocycles. The zero-order valence-electron chi connectivity index (χ0n) is 19.1. The zero-order valence-corrected chi connectivity index (χ0v) is 19.1. The van der Waals surface area contributed by atoms with Gasteiger partial charge in [0.05, 0.1) is 7.11 Å². The highest BCUT2D eigenvalue weighted by Crippen LogP contribution is 2.23. The number of imide groups is 1. The quantitative estimate of drug-likeness (QED) is 0.668. The van der Waals surface area contributed by atoms with Gasteiger partial charge in [0.15, 0.2) is 0 Å². The number of pyridine rings is 1. The van der Waals surface area contributed by atoms with Crippen LogP contribution in [0.1, 0.15) is 26.2 Å². The van der Waals surface area contributed by atoms with Gasteiger partial charge < -0.3 is 19.9 Å². The number of rotatable bonds is 5. The molecule has 33 heavy (non-hydrogen) atoms. The highest BCUT2D eigenvalue weighted by atomic mass is 16.5. The van der Waals surface area contributed by atoms with Gasteiger partial charge in [0, 0.05) is 50.7 Å². The number of methoxy groups -OCH3 is 1. The van der Waals surface area contributed by atoms with Crippen LogP contribution >= 0.6 is 0 Å². The average Bonchev–Trinajstić information content (AvgIpc) is 3.02. The number of nitrogens with one attached hydrogen (secondary N) is 2. The minimum absolute atomic E-state index is 0.340. The van der Waals surface area contributed by atoms with Crippen LogP contribution < -0.4 is 15.5 Å². The largest absolute Gasteiger partial charge is 0.499 e. The van der Waals surface area contributed by atoms with Crippen molar-refractivity contribution in [3.63, 3.8) is 0 Å². The molecule has 2 N–H and O–H groups in total. The Bertz CT molecular complexity index is 1010. The van der Waals surface area contributed by atoms with Crippen LogP contribution in [0.15, 0.2) is 64.8 Å². The first-order valence-corrected chi connectivity index (χ1v) is 11.3. The van der Waals surface area contributed by atoms with Gasteiger partial charge in [-0.2, -0.15) is 0 Å². The average molecular weight is 451 g/mol. The van der Waals surface area contributed by atoms with Crippen LogP contribution in [0.2, 0.25) is 0 Å². The molecule has 2 saturated heterocycles. The zero-order chi connectivity index (χ0) is 23.2. The lowest BCUT2D eigenvalue weighted by Gasteiger charge is -2.24. The van der Waals surface area contributed by atoms with Crippen molar-refractivity contribution in [3.05, 3.63) is 59.8 Å². The molecule has 174 valence electrons. The van der Waals surface area contributed by atoms with E-state index in [0.717, 1.165) is 49.8 Å². The first kappa shape index (κ1) is 22.6. The summed E-state index contributed by atoms with van der Waals surface area (Å²) >= 11 is 0. The number of anilines is 1. The van der Waals surface area contributed by atoms with Crippen LogP contribution in [0.4, 0.5) is 10.5 Å². The molecule has 0 spiro atoms. The number of aromatic nitrogens is 1. The number of ether oxygens (including phenoxy) is 1. The monoisotopic (exact) mass is 450 g/mol. The molecule has 4 heterocycles. The fourth-order valence-corrected chi connectivity index (χ4v) is 4.28. The molecule has 9 nitrogen and oxygen atoms in total. The molecule has 0 aromatic carbocycles. The minimum atomic E-state index is -0.685. The van der Waals surface area contributed by atoms with Gasteiger partial charge in [-0.15, -0.1) is 0 Å². The number of urea groups is 1. The molecule has 2 fully saturated rings. The first-order valence-electron chi connectivity index (χ1n) is 11.3. The van der Waals surface area contributed by atoms with Crippen LogP contribution in [-0.4, -0.2) is 67.0 Å². The number of allylic oxidation sites excluding steroid dienone is 2. The molecule has 9 heteroatoms. The van der Waals surface area contributed by atoms with Crippen LogP contribution in [0.5, 0.6) is 0 Å². The maximum Gasteiger partial charge on any atom is 0.322 e. The summed E-state index contributed by atoms with van der Waals surface area (Å²) in [5.74, 6) is 1.26. The normalized spacial score (nSPS) is 21.9. The summed E-state index contributed by atoms with van der Waals surface area (Å²) in [5, 5.41) is 4.98. The minimum Gasteiger partial charge on any atom is -0.499 e. The fraction of sp³-hybridized carbons (Fsp3) is 0.417. The number of carbonyl (C=O) groups is 2. The van der Waals surface area contributed by atoms with Crippen LogP contribution in [0.25, 0.3) is 0 Å². The van der Waals surface area contributed by atoms with E-state index in [1.807, 2.05) is 43.6 Å². The van der Waals surface area contributed by atoms with E-state index in [2.05, 4.69) is 31.5 Å². The van der Waals surface area contributed by atoms with Crippen LogP contribution in [0, 0.1) is 0 Å². The van der Waals surface area contributed by atoms with E-state index >= 15 is 0 Å². The van der Waals surface area contributed by atoms with Crippen molar-refractivity contribution < 1.29 is 14.3 Å². The van der Waals surface area contributed by atoms with Crippen LogP contribution in [-0.2, 0) is 9.53 Å². The highest BCUT2D eigenvalue weighted by Gasteiger charge is 2.32. The molecule has 0 radical (unpaired) electrons. The molecule has 0 aliphatic carbocycles. The molecular weight excluding hydrogens is 420 g/mol. The van der Waals surface area contributed by atoms with E-state index < -0.39 is 12.1 Å². The summed E-state index contributed by atoms with van der Waals surface area (Å²) < 4.78 is 5.63. The first-order chi connectivity index (χ1) is 16.1. The van der Waals surface area contributed by atoms with Crippen LogP contribution in [0.3, 0.4) is 0 Å². The van der Waals surface area contributed by atoms with Gasteiger partial charge in [0.25, 0.3) is 5.91 Å².